The highest BCUT2D eigenvalue weighted by Gasteiger charge is 2.27. The fourth-order valence-corrected chi connectivity index (χ4v) is 3.30. The van der Waals surface area contributed by atoms with Gasteiger partial charge >= 0.3 is 0 Å². The molecule has 3 heterocycles. The number of benzene rings is 1. The lowest BCUT2D eigenvalue weighted by Gasteiger charge is -2.14. The third kappa shape index (κ3) is 3.51. The predicted octanol–water partition coefficient (Wildman–Crippen LogP) is 2.13. The fourth-order valence-electron chi connectivity index (χ4n) is 3.30. The van der Waals surface area contributed by atoms with E-state index in [0.717, 1.165) is 34.0 Å². The van der Waals surface area contributed by atoms with Crippen LogP contribution in [0.5, 0.6) is 5.75 Å². The van der Waals surface area contributed by atoms with Gasteiger partial charge in [0, 0.05) is 30.3 Å². The quantitative estimate of drug-likeness (QED) is 0.556. The normalized spacial score (nSPS) is 15.0. The van der Waals surface area contributed by atoms with Crippen LogP contribution >= 0.6 is 0 Å². The second kappa shape index (κ2) is 7.26. The molecule has 1 aliphatic heterocycles. The molecule has 1 unspecified atom stereocenters. The number of hydrogen-bond donors (Lipinski definition) is 1. The molecule has 142 valence electrons. The third-order valence-corrected chi connectivity index (χ3v) is 4.71. The Morgan fingerprint density at radius 3 is 2.86 bits per heavy atom. The van der Waals surface area contributed by atoms with Gasteiger partial charge in [-0.3, -0.25) is 9.78 Å². The van der Waals surface area contributed by atoms with E-state index < -0.39 is 0 Å². The van der Waals surface area contributed by atoms with Gasteiger partial charge in [-0.2, -0.15) is 4.73 Å². The van der Waals surface area contributed by atoms with Crippen LogP contribution in [0, 0.1) is 19.1 Å². The van der Waals surface area contributed by atoms with Crippen LogP contribution in [0.1, 0.15) is 27.3 Å². The second-order valence-corrected chi connectivity index (χ2v) is 6.84. The summed E-state index contributed by atoms with van der Waals surface area (Å²) in [5.74, 6) is 0.567. The van der Waals surface area contributed by atoms with E-state index in [4.69, 9.17) is 4.74 Å². The van der Waals surface area contributed by atoms with Gasteiger partial charge in [-0.15, -0.1) is 0 Å². The maximum absolute atomic E-state index is 12.3. The Bertz CT molecular complexity index is 1030. The highest BCUT2D eigenvalue weighted by molar-refractivity contribution is 5.93. The van der Waals surface area contributed by atoms with Crippen LogP contribution < -0.4 is 14.8 Å². The minimum absolute atomic E-state index is 0.161. The average molecular weight is 376 g/mol. The number of aryl methyl sites for hydroxylation is 2. The van der Waals surface area contributed by atoms with Crippen molar-refractivity contribution in [3.63, 3.8) is 0 Å². The number of hydrogen-bond acceptors (Lipinski definition) is 5. The van der Waals surface area contributed by atoms with Crippen molar-refractivity contribution in [3.8, 4) is 17.0 Å². The molecule has 0 fully saturated rings. The molecular formula is C21H20N4O3. The van der Waals surface area contributed by atoms with Gasteiger partial charge in [0.2, 0.25) is 0 Å². The van der Waals surface area contributed by atoms with E-state index in [9.17, 15) is 10.0 Å². The van der Waals surface area contributed by atoms with Crippen LogP contribution in [0.3, 0.4) is 0 Å². The number of rotatable bonds is 4. The summed E-state index contributed by atoms with van der Waals surface area (Å²) in [6.45, 7) is 4.22. The van der Waals surface area contributed by atoms with E-state index in [2.05, 4.69) is 15.3 Å². The number of carbonyl (C=O) groups is 1. The zero-order valence-corrected chi connectivity index (χ0v) is 15.7. The zero-order valence-electron chi connectivity index (χ0n) is 15.7. The van der Waals surface area contributed by atoms with Crippen LogP contribution in [0.2, 0.25) is 0 Å². The molecule has 4 rings (SSSR count). The SMILES string of the molecule is Cc1cnc(C)c(-c2cccc3c2OC(CNC(=O)c2cc[n+]([O-])cc2)C3)n1. The first-order chi connectivity index (χ1) is 13.5. The van der Waals surface area contributed by atoms with E-state index >= 15 is 0 Å². The lowest BCUT2D eigenvalue weighted by Crippen LogP contribution is -2.35. The van der Waals surface area contributed by atoms with E-state index in [1.54, 1.807) is 6.20 Å². The number of ether oxygens (including phenoxy) is 1. The number of carbonyl (C=O) groups excluding carboxylic acids is 1. The Kier molecular flexibility index (Phi) is 4.65. The molecule has 0 saturated heterocycles. The van der Waals surface area contributed by atoms with Gasteiger partial charge in [0.05, 0.1) is 29.2 Å². The number of nitrogens with zero attached hydrogens (tertiary/aromatic N) is 3. The van der Waals surface area contributed by atoms with E-state index in [1.807, 2.05) is 32.0 Å². The third-order valence-electron chi connectivity index (χ3n) is 4.71. The first-order valence-electron chi connectivity index (χ1n) is 9.07. The van der Waals surface area contributed by atoms with Gasteiger partial charge in [-0.1, -0.05) is 12.1 Å². The van der Waals surface area contributed by atoms with Crippen molar-refractivity contribution in [1.82, 2.24) is 15.3 Å². The van der Waals surface area contributed by atoms with Crippen LogP contribution in [-0.2, 0) is 6.42 Å². The first-order valence-corrected chi connectivity index (χ1v) is 9.07. The zero-order chi connectivity index (χ0) is 19.7. The van der Waals surface area contributed by atoms with Crippen molar-refractivity contribution in [2.45, 2.75) is 26.4 Å². The summed E-state index contributed by atoms with van der Waals surface area (Å²) >= 11 is 0. The van der Waals surface area contributed by atoms with Crippen molar-refractivity contribution < 1.29 is 14.3 Å². The molecule has 3 aromatic rings. The summed E-state index contributed by atoms with van der Waals surface area (Å²) in [7, 11) is 0. The fraction of sp³-hybridized carbons (Fsp3) is 0.238. The van der Waals surface area contributed by atoms with Gasteiger partial charge in [0.1, 0.15) is 11.9 Å². The molecular weight excluding hydrogens is 356 g/mol. The topological polar surface area (TPSA) is 91.0 Å². The molecule has 0 bridgehead atoms. The molecule has 7 nitrogen and oxygen atoms in total. The molecule has 1 amide bonds. The number of para-hydroxylation sites is 1. The van der Waals surface area contributed by atoms with E-state index in [0.29, 0.717) is 23.3 Å². The minimum Gasteiger partial charge on any atom is -0.619 e. The molecule has 0 spiro atoms. The van der Waals surface area contributed by atoms with Gasteiger partial charge in [0.15, 0.2) is 12.4 Å². The van der Waals surface area contributed by atoms with Crippen molar-refractivity contribution in [1.29, 1.82) is 0 Å². The Morgan fingerprint density at radius 2 is 2.07 bits per heavy atom. The molecule has 28 heavy (non-hydrogen) atoms. The second-order valence-electron chi connectivity index (χ2n) is 6.84. The molecule has 7 heteroatoms. The molecule has 0 saturated carbocycles. The van der Waals surface area contributed by atoms with Crippen molar-refractivity contribution in [2.75, 3.05) is 6.54 Å². The monoisotopic (exact) mass is 376 g/mol. The smallest absolute Gasteiger partial charge is 0.251 e. The van der Waals surface area contributed by atoms with Gasteiger partial charge in [-0.25, -0.2) is 4.98 Å². The highest BCUT2D eigenvalue weighted by atomic mass is 16.5. The van der Waals surface area contributed by atoms with Crippen molar-refractivity contribution in [2.24, 2.45) is 0 Å². The first kappa shape index (κ1) is 17.9. The predicted molar refractivity (Wildman–Crippen MR) is 103 cm³/mol. The molecule has 1 aromatic carbocycles. The molecule has 2 aromatic heterocycles. The van der Waals surface area contributed by atoms with E-state index in [-0.39, 0.29) is 12.0 Å². The Hall–Kier alpha value is -3.48. The summed E-state index contributed by atoms with van der Waals surface area (Å²) in [6.07, 6.45) is 4.89. The van der Waals surface area contributed by atoms with Gasteiger partial charge in [0.25, 0.3) is 5.91 Å². The number of amides is 1. The number of aromatic nitrogens is 3. The van der Waals surface area contributed by atoms with Crippen LogP contribution in [0.4, 0.5) is 0 Å². The molecule has 1 atom stereocenters. The Balaban J connectivity index is 1.49. The Labute approximate surface area is 162 Å². The maximum Gasteiger partial charge on any atom is 0.251 e. The summed E-state index contributed by atoms with van der Waals surface area (Å²) in [6, 6.07) is 8.99. The Morgan fingerprint density at radius 1 is 1.29 bits per heavy atom. The summed E-state index contributed by atoms with van der Waals surface area (Å²) in [5.41, 5.74) is 4.96. The standard InChI is InChI=1S/C21H20N4O3/c1-13-11-22-14(2)19(24-13)18-5-3-4-16-10-17(28-20(16)18)12-23-21(26)15-6-8-25(27)9-7-15/h3-9,11,17H,10,12H2,1-2H3,(H,23,26). The highest BCUT2D eigenvalue weighted by Crippen LogP contribution is 2.38. The lowest BCUT2D eigenvalue weighted by molar-refractivity contribution is -0.605. The van der Waals surface area contributed by atoms with Gasteiger partial charge < -0.3 is 15.3 Å². The van der Waals surface area contributed by atoms with Crippen molar-refractivity contribution >= 4 is 5.91 Å². The lowest BCUT2D eigenvalue weighted by atomic mass is 10.0. The summed E-state index contributed by atoms with van der Waals surface area (Å²) in [5, 5.41) is 14.0. The minimum atomic E-state index is -0.235. The molecule has 1 aliphatic rings. The number of pyridine rings is 1. The van der Waals surface area contributed by atoms with Crippen LogP contribution in [0.25, 0.3) is 11.3 Å². The molecule has 1 N–H and O–H groups in total. The van der Waals surface area contributed by atoms with Crippen LogP contribution in [-0.4, -0.2) is 28.5 Å². The van der Waals surface area contributed by atoms with Gasteiger partial charge in [-0.05, 0) is 25.5 Å². The van der Waals surface area contributed by atoms with Crippen LogP contribution in [0.15, 0.2) is 48.9 Å². The molecule has 0 radical (unpaired) electrons. The summed E-state index contributed by atoms with van der Waals surface area (Å²) < 4.78 is 6.80. The average Bonchev–Trinajstić information content (AvgIpc) is 3.12. The number of nitrogens with one attached hydrogen (secondary N) is 1. The number of fused-ring (bicyclic) bond motifs is 1. The van der Waals surface area contributed by atoms with E-state index in [1.165, 1.54) is 24.5 Å². The largest absolute Gasteiger partial charge is 0.619 e. The summed E-state index contributed by atoms with van der Waals surface area (Å²) in [4.78, 5) is 21.3. The molecule has 0 aliphatic carbocycles. The maximum atomic E-state index is 12.3. The van der Waals surface area contributed by atoms with Crippen molar-refractivity contribution in [3.05, 3.63) is 76.6 Å².